The van der Waals surface area contributed by atoms with E-state index in [1.807, 2.05) is 31.5 Å². The van der Waals surface area contributed by atoms with Crippen LogP contribution in [0.25, 0.3) is 0 Å². The molecular weight excluding hydrogens is 354 g/mol. The third-order valence-corrected chi connectivity index (χ3v) is 4.87. The van der Waals surface area contributed by atoms with Crippen molar-refractivity contribution < 1.29 is 9.21 Å². The summed E-state index contributed by atoms with van der Waals surface area (Å²) in [5, 5.41) is 9.26. The van der Waals surface area contributed by atoms with Gasteiger partial charge in [-0.25, -0.2) is 0 Å². The molecule has 0 aliphatic rings. The second-order valence-corrected chi connectivity index (χ2v) is 6.59. The zero-order valence-corrected chi connectivity index (χ0v) is 16.1. The number of hydrogen-bond acceptors (Lipinski definition) is 4. The minimum atomic E-state index is -0.175. The van der Waals surface area contributed by atoms with Crippen molar-refractivity contribution in [3.63, 3.8) is 0 Å². The van der Waals surface area contributed by atoms with Gasteiger partial charge in [-0.2, -0.15) is 10.2 Å². The highest BCUT2D eigenvalue weighted by atomic mass is 35.5. The molecule has 0 spiro atoms. The summed E-state index contributed by atoms with van der Waals surface area (Å²) in [6, 6.07) is 5.40. The quantitative estimate of drug-likeness (QED) is 0.663. The van der Waals surface area contributed by atoms with Crippen molar-refractivity contribution in [1.82, 2.24) is 24.5 Å². The van der Waals surface area contributed by atoms with Crippen molar-refractivity contribution >= 4 is 17.5 Å². The molecule has 0 aliphatic heterocycles. The standard InChI is InChI=1S/C18H22ClN5O2/c1-5-23-14(8-9-20-23)10-22(4)18(25)16-7-6-15(26-16)11-24-13(3)17(19)12(2)21-24/h6-9H,5,10-11H2,1-4H3. The Morgan fingerprint density at radius 2 is 2.04 bits per heavy atom. The highest BCUT2D eigenvalue weighted by Gasteiger charge is 2.18. The van der Waals surface area contributed by atoms with Crippen molar-refractivity contribution in [2.45, 2.75) is 40.4 Å². The Hall–Kier alpha value is -2.54. The van der Waals surface area contributed by atoms with Crippen LogP contribution in [0.5, 0.6) is 0 Å². The second-order valence-electron chi connectivity index (χ2n) is 6.21. The molecule has 0 radical (unpaired) electrons. The first-order chi connectivity index (χ1) is 12.4. The first-order valence-corrected chi connectivity index (χ1v) is 8.82. The summed E-state index contributed by atoms with van der Waals surface area (Å²) in [6.07, 6.45) is 1.74. The van der Waals surface area contributed by atoms with Crippen LogP contribution in [0, 0.1) is 13.8 Å². The maximum Gasteiger partial charge on any atom is 0.289 e. The number of furan rings is 1. The van der Waals surface area contributed by atoms with Gasteiger partial charge in [-0.1, -0.05) is 11.6 Å². The summed E-state index contributed by atoms with van der Waals surface area (Å²) in [5.74, 6) is 0.784. The number of hydrogen-bond donors (Lipinski definition) is 0. The number of aryl methyl sites for hydroxylation is 2. The molecule has 3 aromatic heterocycles. The summed E-state index contributed by atoms with van der Waals surface area (Å²) in [5.41, 5.74) is 2.63. The van der Waals surface area contributed by atoms with E-state index < -0.39 is 0 Å². The lowest BCUT2D eigenvalue weighted by molar-refractivity contribution is 0.0747. The van der Waals surface area contributed by atoms with E-state index >= 15 is 0 Å². The van der Waals surface area contributed by atoms with Gasteiger partial charge >= 0.3 is 0 Å². The van der Waals surface area contributed by atoms with Gasteiger partial charge in [-0.05, 0) is 39.0 Å². The van der Waals surface area contributed by atoms with Crippen LogP contribution in [0.2, 0.25) is 5.02 Å². The molecule has 0 saturated heterocycles. The maximum atomic E-state index is 12.6. The first-order valence-electron chi connectivity index (χ1n) is 8.45. The molecule has 3 heterocycles. The molecule has 0 aromatic carbocycles. The van der Waals surface area contributed by atoms with Crippen LogP contribution >= 0.6 is 11.6 Å². The van der Waals surface area contributed by atoms with Crippen LogP contribution < -0.4 is 0 Å². The molecule has 0 fully saturated rings. The van der Waals surface area contributed by atoms with E-state index in [1.54, 1.807) is 35.0 Å². The van der Waals surface area contributed by atoms with E-state index in [2.05, 4.69) is 10.2 Å². The number of carbonyl (C=O) groups excluding carboxylic acids is 1. The Balaban J connectivity index is 1.70. The highest BCUT2D eigenvalue weighted by Crippen LogP contribution is 2.21. The van der Waals surface area contributed by atoms with Gasteiger partial charge in [0.1, 0.15) is 5.76 Å². The van der Waals surface area contributed by atoms with E-state index in [0.29, 0.717) is 29.6 Å². The molecule has 3 rings (SSSR count). The Kier molecular flexibility index (Phi) is 5.18. The summed E-state index contributed by atoms with van der Waals surface area (Å²) in [6.45, 7) is 7.44. The summed E-state index contributed by atoms with van der Waals surface area (Å²) >= 11 is 6.17. The molecule has 0 bridgehead atoms. The van der Waals surface area contributed by atoms with Crippen LogP contribution in [0.4, 0.5) is 0 Å². The topological polar surface area (TPSA) is 69.1 Å². The van der Waals surface area contributed by atoms with Crippen molar-refractivity contribution in [2.24, 2.45) is 0 Å². The molecular formula is C18H22ClN5O2. The van der Waals surface area contributed by atoms with Crippen LogP contribution in [0.15, 0.2) is 28.8 Å². The summed E-state index contributed by atoms with van der Waals surface area (Å²) < 4.78 is 9.37. The SMILES string of the molecule is CCn1nccc1CN(C)C(=O)c1ccc(Cn2nc(C)c(Cl)c2C)o1. The predicted molar refractivity (Wildman–Crippen MR) is 98.2 cm³/mol. The third kappa shape index (κ3) is 3.53. The Labute approximate surface area is 157 Å². The molecule has 0 atom stereocenters. The lowest BCUT2D eigenvalue weighted by Gasteiger charge is -2.16. The molecule has 0 N–H and O–H groups in total. The monoisotopic (exact) mass is 375 g/mol. The number of carbonyl (C=O) groups is 1. The number of halogens is 1. The molecule has 0 unspecified atom stereocenters. The number of nitrogens with zero attached hydrogens (tertiary/aromatic N) is 5. The molecule has 8 heteroatoms. The predicted octanol–water partition coefficient (Wildman–Crippen LogP) is 3.28. The van der Waals surface area contributed by atoms with E-state index in [0.717, 1.165) is 23.6 Å². The molecule has 0 aliphatic carbocycles. The third-order valence-electron chi connectivity index (χ3n) is 4.32. The summed E-state index contributed by atoms with van der Waals surface area (Å²) in [4.78, 5) is 14.2. The minimum Gasteiger partial charge on any atom is -0.454 e. The van der Waals surface area contributed by atoms with Gasteiger partial charge in [0.15, 0.2) is 5.76 Å². The van der Waals surface area contributed by atoms with Gasteiger partial charge in [-0.15, -0.1) is 0 Å². The van der Waals surface area contributed by atoms with Crippen LogP contribution in [-0.4, -0.2) is 37.4 Å². The Morgan fingerprint density at radius 3 is 2.69 bits per heavy atom. The molecule has 3 aromatic rings. The van der Waals surface area contributed by atoms with E-state index in [1.165, 1.54) is 0 Å². The van der Waals surface area contributed by atoms with Crippen LogP contribution in [0.1, 0.15) is 40.3 Å². The number of rotatable bonds is 6. The molecule has 26 heavy (non-hydrogen) atoms. The smallest absolute Gasteiger partial charge is 0.289 e. The molecule has 7 nitrogen and oxygen atoms in total. The van der Waals surface area contributed by atoms with Crippen molar-refractivity contribution in [3.8, 4) is 0 Å². The van der Waals surface area contributed by atoms with Gasteiger partial charge in [0.2, 0.25) is 0 Å². The van der Waals surface area contributed by atoms with E-state index in [-0.39, 0.29) is 5.91 Å². The van der Waals surface area contributed by atoms with Crippen LogP contribution in [0.3, 0.4) is 0 Å². The zero-order chi connectivity index (χ0) is 18.8. The normalized spacial score (nSPS) is 11.1. The van der Waals surface area contributed by atoms with Gasteiger partial charge < -0.3 is 9.32 Å². The fourth-order valence-corrected chi connectivity index (χ4v) is 2.97. The van der Waals surface area contributed by atoms with Crippen molar-refractivity contribution in [2.75, 3.05) is 7.05 Å². The summed E-state index contributed by atoms with van der Waals surface area (Å²) in [7, 11) is 1.75. The second kappa shape index (κ2) is 7.37. The van der Waals surface area contributed by atoms with Crippen molar-refractivity contribution in [3.05, 3.63) is 58.0 Å². The van der Waals surface area contributed by atoms with E-state index in [9.17, 15) is 4.79 Å². The zero-order valence-electron chi connectivity index (χ0n) is 15.4. The number of aromatic nitrogens is 4. The Bertz CT molecular complexity index is 924. The van der Waals surface area contributed by atoms with Crippen molar-refractivity contribution in [1.29, 1.82) is 0 Å². The maximum absolute atomic E-state index is 12.6. The highest BCUT2D eigenvalue weighted by molar-refractivity contribution is 6.31. The fourth-order valence-electron chi connectivity index (χ4n) is 2.84. The van der Waals surface area contributed by atoms with E-state index in [4.69, 9.17) is 16.0 Å². The van der Waals surface area contributed by atoms with Gasteiger partial charge in [-0.3, -0.25) is 14.2 Å². The fraction of sp³-hybridized carbons (Fsp3) is 0.389. The van der Waals surface area contributed by atoms with Crippen LogP contribution in [-0.2, 0) is 19.6 Å². The first kappa shape index (κ1) is 18.3. The Morgan fingerprint density at radius 1 is 1.27 bits per heavy atom. The molecule has 138 valence electrons. The molecule has 0 saturated carbocycles. The lowest BCUT2D eigenvalue weighted by Crippen LogP contribution is -2.27. The van der Waals surface area contributed by atoms with Gasteiger partial charge in [0, 0.05) is 19.8 Å². The lowest BCUT2D eigenvalue weighted by atomic mass is 10.3. The van der Waals surface area contributed by atoms with Gasteiger partial charge in [0.25, 0.3) is 5.91 Å². The average molecular weight is 376 g/mol. The van der Waals surface area contributed by atoms with Gasteiger partial charge in [0.05, 0.1) is 35.2 Å². The molecule has 1 amide bonds. The number of amides is 1. The average Bonchev–Trinajstić information content (AvgIpc) is 3.32. The largest absolute Gasteiger partial charge is 0.454 e. The minimum absolute atomic E-state index is 0.175.